The van der Waals surface area contributed by atoms with E-state index in [1.807, 2.05) is 25.1 Å². The van der Waals surface area contributed by atoms with Gasteiger partial charge in [0.2, 0.25) is 10.0 Å². The molecule has 0 amide bonds. The highest BCUT2D eigenvalue weighted by Gasteiger charge is 2.16. The molecule has 0 saturated carbocycles. The second-order valence-corrected chi connectivity index (χ2v) is 8.12. The minimum Gasteiger partial charge on any atom is -0.322 e. The van der Waals surface area contributed by atoms with Crippen LogP contribution in [0.2, 0.25) is 5.02 Å². The highest BCUT2D eigenvalue weighted by atomic mass is 35.5. The summed E-state index contributed by atoms with van der Waals surface area (Å²) in [6.07, 6.45) is 0. The number of fused-ring (bicyclic) bond motifs is 1. The third-order valence-electron chi connectivity index (χ3n) is 3.98. The average Bonchev–Trinajstić information content (AvgIpc) is 2.55. The first-order chi connectivity index (χ1) is 11.8. The third kappa shape index (κ3) is 3.76. The Hall–Kier alpha value is -2.15. The molecule has 25 heavy (non-hydrogen) atoms. The van der Waals surface area contributed by atoms with Crippen molar-refractivity contribution in [1.29, 1.82) is 0 Å². The van der Waals surface area contributed by atoms with Crippen LogP contribution in [0.5, 0.6) is 0 Å². The summed E-state index contributed by atoms with van der Waals surface area (Å²) in [5.41, 5.74) is 2.58. The normalized spacial score (nSPS) is 11.8. The molecule has 2 aromatic carbocycles. The first-order valence-electron chi connectivity index (χ1n) is 7.65. The molecule has 0 radical (unpaired) electrons. The third-order valence-corrected chi connectivity index (χ3v) is 5.79. The summed E-state index contributed by atoms with van der Waals surface area (Å²) in [5.74, 6) is 0. The van der Waals surface area contributed by atoms with E-state index in [0.29, 0.717) is 10.6 Å². The average molecular weight is 377 g/mol. The van der Waals surface area contributed by atoms with E-state index in [1.54, 1.807) is 19.1 Å². The van der Waals surface area contributed by atoms with E-state index in [-0.39, 0.29) is 17.0 Å². The fourth-order valence-electron chi connectivity index (χ4n) is 2.49. The Morgan fingerprint density at radius 2 is 1.84 bits per heavy atom. The summed E-state index contributed by atoms with van der Waals surface area (Å²) < 4.78 is 27.3. The van der Waals surface area contributed by atoms with Crippen LogP contribution in [0, 0.1) is 13.8 Å². The summed E-state index contributed by atoms with van der Waals surface area (Å²) >= 11 is 5.99. The standard InChI is InChI=1S/C18H17ClN2O3S/c1-11-3-5-13-8-14(18(22)21-17(13)7-11)10-20-25(23,24)15-6-4-12(2)16(19)9-15/h3-9,20H,10H2,1-2H3,(H,21,22). The van der Waals surface area contributed by atoms with Gasteiger partial charge in [-0.3, -0.25) is 4.79 Å². The molecule has 0 aliphatic heterocycles. The number of benzene rings is 2. The number of hydrogen-bond donors (Lipinski definition) is 2. The topological polar surface area (TPSA) is 79.0 Å². The van der Waals surface area contributed by atoms with Crippen molar-refractivity contribution >= 4 is 32.5 Å². The number of nitrogens with one attached hydrogen (secondary N) is 2. The minimum absolute atomic E-state index is 0.0657. The molecule has 3 rings (SSSR count). The van der Waals surface area contributed by atoms with Gasteiger partial charge in [-0.15, -0.1) is 0 Å². The maximum Gasteiger partial charge on any atom is 0.252 e. The first-order valence-corrected chi connectivity index (χ1v) is 9.51. The van der Waals surface area contributed by atoms with Gasteiger partial charge in [-0.2, -0.15) is 0 Å². The largest absolute Gasteiger partial charge is 0.322 e. The van der Waals surface area contributed by atoms with Gasteiger partial charge in [0.05, 0.1) is 4.90 Å². The van der Waals surface area contributed by atoms with E-state index in [2.05, 4.69) is 9.71 Å². The van der Waals surface area contributed by atoms with Crippen molar-refractivity contribution in [1.82, 2.24) is 9.71 Å². The predicted octanol–water partition coefficient (Wildman–Crippen LogP) is 3.28. The van der Waals surface area contributed by atoms with E-state index < -0.39 is 10.0 Å². The molecule has 0 spiro atoms. The zero-order valence-electron chi connectivity index (χ0n) is 13.8. The molecule has 3 aromatic rings. The van der Waals surface area contributed by atoms with Gasteiger partial charge in [0, 0.05) is 22.6 Å². The van der Waals surface area contributed by atoms with Crippen LogP contribution in [0.1, 0.15) is 16.7 Å². The van der Waals surface area contributed by atoms with Crippen LogP contribution < -0.4 is 10.3 Å². The molecule has 5 nitrogen and oxygen atoms in total. The molecule has 0 atom stereocenters. The number of H-pyrrole nitrogens is 1. The van der Waals surface area contributed by atoms with Crippen LogP contribution >= 0.6 is 11.6 Å². The highest BCUT2D eigenvalue weighted by Crippen LogP contribution is 2.20. The Labute approximate surface area is 150 Å². The molecule has 0 fully saturated rings. The highest BCUT2D eigenvalue weighted by molar-refractivity contribution is 7.89. The van der Waals surface area contributed by atoms with Crippen molar-refractivity contribution in [2.75, 3.05) is 0 Å². The van der Waals surface area contributed by atoms with Crippen molar-refractivity contribution in [3.05, 3.63) is 74.5 Å². The van der Waals surface area contributed by atoms with Crippen LogP contribution in [0.4, 0.5) is 0 Å². The number of sulfonamides is 1. The SMILES string of the molecule is Cc1ccc2cc(CNS(=O)(=O)c3ccc(C)c(Cl)c3)c(=O)[nH]c2c1. The Morgan fingerprint density at radius 1 is 1.08 bits per heavy atom. The number of halogens is 1. The lowest BCUT2D eigenvalue weighted by Gasteiger charge is -2.09. The molecule has 0 aliphatic carbocycles. The van der Waals surface area contributed by atoms with Crippen LogP contribution in [0.15, 0.2) is 52.2 Å². The second-order valence-electron chi connectivity index (χ2n) is 5.95. The number of pyridine rings is 1. The van der Waals surface area contributed by atoms with Crippen LogP contribution in [-0.4, -0.2) is 13.4 Å². The van der Waals surface area contributed by atoms with E-state index in [4.69, 9.17) is 11.6 Å². The summed E-state index contributed by atoms with van der Waals surface area (Å²) in [6, 6.07) is 11.9. The van der Waals surface area contributed by atoms with Gasteiger partial charge in [-0.05, 0) is 54.6 Å². The van der Waals surface area contributed by atoms with Crippen molar-refractivity contribution in [2.24, 2.45) is 0 Å². The molecule has 7 heteroatoms. The smallest absolute Gasteiger partial charge is 0.252 e. The van der Waals surface area contributed by atoms with Crippen LogP contribution in [-0.2, 0) is 16.6 Å². The Bertz CT molecular complexity index is 1120. The second kappa shape index (κ2) is 6.63. The first kappa shape index (κ1) is 17.7. The van der Waals surface area contributed by atoms with Gasteiger partial charge >= 0.3 is 0 Å². The molecule has 0 unspecified atom stereocenters. The summed E-state index contributed by atoms with van der Waals surface area (Å²) in [5, 5.41) is 1.22. The quantitative estimate of drug-likeness (QED) is 0.733. The molecule has 0 bridgehead atoms. The molecule has 0 saturated heterocycles. The van der Waals surface area contributed by atoms with Gasteiger partial charge < -0.3 is 4.98 Å². The van der Waals surface area contributed by atoms with E-state index in [9.17, 15) is 13.2 Å². The van der Waals surface area contributed by atoms with Gasteiger partial charge in [0.25, 0.3) is 5.56 Å². The maximum atomic E-state index is 12.4. The maximum absolute atomic E-state index is 12.4. The number of hydrogen-bond acceptors (Lipinski definition) is 3. The van der Waals surface area contributed by atoms with Crippen molar-refractivity contribution < 1.29 is 8.42 Å². The van der Waals surface area contributed by atoms with E-state index >= 15 is 0 Å². The van der Waals surface area contributed by atoms with E-state index in [1.165, 1.54) is 12.1 Å². The molecule has 2 N–H and O–H groups in total. The molecule has 130 valence electrons. The Kier molecular flexibility index (Phi) is 4.69. The number of aromatic nitrogens is 1. The van der Waals surface area contributed by atoms with Crippen LogP contribution in [0.3, 0.4) is 0 Å². The lowest BCUT2D eigenvalue weighted by Crippen LogP contribution is -2.27. The fourth-order valence-corrected chi connectivity index (χ4v) is 3.77. The molecule has 0 aliphatic rings. The van der Waals surface area contributed by atoms with E-state index in [0.717, 1.165) is 22.0 Å². The molecule has 1 heterocycles. The number of aromatic amines is 1. The lowest BCUT2D eigenvalue weighted by molar-refractivity contribution is 0.581. The summed E-state index contributed by atoms with van der Waals surface area (Å²) in [4.78, 5) is 15.0. The van der Waals surface area contributed by atoms with Crippen molar-refractivity contribution in [3.63, 3.8) is 0 Å². The van der Waals surface area contributed by atoms with Crippen LogP contribution in [0.25, 0.3) is 10.9 Å². The molecular formula is C18H17ClN2O3S. The zero-order valence-corrected chi connectivity index (χ0v) is 15.3. The van der Waals surface area contributed by atoms with Gasteiger partial charge in [0.1, 0.15) is 0 Å². The van der Waals surface area contributed by atoms with Gasteiger partial charge in [-0.25, -0.2) is 13.1 Å². The lowest BCUT2D eigenvalue weighted by atomic mass is 10.1. The fraction of sp³-hybridized carbons (Fsp3) is 0.167. The number of aryl methyl sites for hydroxylation is 2. The number of rotatable bonds is 4. The monoisotopic (exact) mass is 376 g/mol. The predicted molar refractivity (Wildman–Crippen MR) is 99.5 cm³/mol. The summed E-state index contributed by atoms with van der Waals surface area (Å²) in [7, 11) is -3.76. The van der Waals surface area contributed by atoms with Gasteiger partial charge in [-0.1, -0.05) is 29.8 Å². The minimum atomic E-state index is -3.76. The molecular weight excluding hydrogens is 360 g/mol. The Morgan fingerprint density at radius 3 is 2.56 bits per heavy atom. The Balaban J connectivity index is 1.88. The van der Waals surface area contributed by atoms with Crippen molar-refractivity contribution in [2.45, 2.75) is 25.3 Å². The molecule has 1 aromatic heterocycles. The van der Waals surface area contributed by atoms with Crippen molar-refractivity contribution in [3.8, 4) is 0 Å². The van der Waals surface area contributed by atoms with Gasteiger partial charge in [0.15, 0.2) is 0 Å². The zero-order chi connectivity index (χ0) is 18.2. The summed E-state index contributed by atoms with van der Waals surface area (Å²) in [6.45, 7) is 3.63.